The van der Waals surface area contributed by atoms with Gasteiger partial charge in [-0.3, -0.25) is 14.4 Å². The lowest BCUT2D eigenvalue weighted by molar-refractivity contribution is -0.138. The predicted molar refractivity (Wildman–Crippen MR) is 140 cm³/mol. The summed E-state index contributed by atoms with van der Waals surface area (Å²) >= 11 is 3.12. The highest BCUT2D eigenvalue weighted by molar-refractivity contribution is 9.10. The second-order valence-electron chi connectivity index (χ2n) is 9.09. The van der Waals surface area contributed by atoms with Crippen molar-refractivity contribution >= 4 is 50.6 Å². The largest absolute Gasteiger partial charge is 0.361 e. The van der Waals surface area contributed by atoms with E-state index in [1.807, 2.05) is 0 Å². The maximum Gasteiger partial charge on any atom is 0.245 e. The summed E-state index contributed by atoms with van der Waals surface area (Å²) in [7, 11) is 0. The summed E-state index contributed by atoms with van der Waals surface area (Å²) in [6.45, 7) is 2.42. The van der Waals surface area contributed by atoms with E-state index in [2.05, 4.69) is 31.5 Å². The van der Waals surface area contributed by atoms with E-state index < -0.39 is 17.3 Å². The Kier molecular flexibility index (Phi) is 8.06. The van der Waals surface area contributed by atoms with Crippen LogP contribution in [0.25, 0.3) is 17.0 Å². The maximum atomic E-state index is 13.7. The number of hydrogen-bond acceptors (Lipinski definition) is 3. The van der Waals surface area contributed by atoms with Gasteiger partial charge in [-0.2, -0.15) is 0 Å². The summed E-state index contributed by atoms with van der Waals surface area (Å²) in [4.78, 5) is 42.7. The molecule has 1 aliphatic heterocycles. The van der Waals surface area contributed by atoms with Gasteiger partial charge in [0.15, 0.2) is 0 Å². The molecule has 0 spiro atoms. The van der Waals surface area contributed by atoms with Crippen LogP contribution in [0.3, 0.4) is 0 Å². The third kappa shape index (κ3) is 6.25. The van der Waals surface area contributed by atoms with Gasteiger partial charge in [0, 0.05) is 49.7 Å². The summed E-state index contributed by atoms with van der Waals surface area (Å²) in [5, 5.41) is 6.52. The minimum atomic E-state index is -1.19. The maximum absolute atomic E-state index is 13.7. The number of fused-ring (bicyclic) bond motifs is 1. The molecule has 1 saturated heterocycles. The molecule has 0 atom stereocenters. The van der Waals surface area contributed by atoms with Gasteiger partial charge >= 0.3 is 0 Å². The molecule has 7 nitrogen and oxygen atoms in total. The Balaban J connectivity index is 1.44. The van der Waals surface area contributed by atoms with Crippen molar-refractivity contribution in [3.63, 3.8) is 0 Å². The van der Waals surface area contributed by atoms with Gasteiger partial charge in [-0.25, -0.2) is 8.78 Å². The smallest absolute Gasteiger partial charge is 0.245 e. The number of piperidine rings is 1. The Bertz CT molecular complexity index is 1360. The zero-order valence-electron chi connectivity index (χ0n) is 20.2. The highest BCUT2D eigenvalue weighted by Crippen LogP contribution is 2.24. The first-order valence-electron chi connectivity index (χ1n) is 11.9. The summed E-state index contributed by atoms with van der Waals surface area (Å²) in [6.07, 6.45) is 5.62. The minimum Gasteiger partial charge on any atom is -0.361 e. The number of nitrogens with one attached hydrogen (secondary N) is 3. The molecule has 3 amide bonds. The van der Waals surface area contributed by atoms with Crippen LogP contribution in [0.1, 0.15) is 30.9 Å². The van der Waals surface area contributed by atoms with Gasteiger partial charge < -0.3 is 20.5 Å². The van der Waals surface area contributed by atoms with Crippen LogP contribution in [0.4, 0.5) is 8.78 Å². The van der Waals surface area contributed by atoms with Gasteiger partial charge in [0.1, 0.15) is 17.2 Å². The zero-order valence-corrected chi connectivity index (χ0v) is 21.8. The molecule has 1 fully saturated rings. The van der Waals surface area contributed by atoms with Crippen LogP contribution in [-0.2, 0) is 20.8 Å². The molecule has 3 N–H and O–H groups in total. The van der Waals surface area contributed by atoms with E-state index in [0.717, 1.165) is 16.5 Å². The van der Waals surface area contributed by atoms with E-state index in [1.54, 1.807) is 23.2 Å². The van der Waals surface area contributed by atoms with Crippen molar-refractivity contribution in [2.24, 2.45) is 0 Å². The van der Waals surface area contributed by atoms with Crippen LogP contribution in [0.2, 0.25) is 0 Å². The first-order chi connectivity index (χ1) is 17.7. The number of H-pyrrole nitrogens is 1. The number of carbonyl (C=O) groups is 3. The highest BCUT2D eigenvalue weighted by atomic mass is 79.9. The number of nitrogens with zero attached hydrogens (tertiary/aromatic N) is 1. The number of hydrogen-bond donors (Lipinski definition) is 3. The van der Waals surface area contributed by atoms with Crippen LogP contribution in [-0.4, -0.2) is 52.8 Å². The lowest BCUT2D eigenvalue weighted by Crippen LogP contribution is -2.63. The van der Waals surface area contributed by atoms with Crippen molar-refractivity contribution < 1.29 is 23.2 Å². The molecule has 10 heteroatoms. The molecule has 0 unspecified atom stereocenters. The Morgan fingerprint density at radius 1 is 1.14 bits per heavy atom. The fourth-order valence-electron chi connectivity index (χ4n) is 4.51. The van der Waals surface area contributed by atoms with Crippen LogP contribution in [0.15, 0.2) is 53.1 Å². The van der Waals surface area contributed by atoms with E-state index in [9.17, 15) is 23.2 Å². The fourth-order valence-corrected chi connectivity index (χ4v) is 4.91. The molecule has 1 aliphatic rings. The molecular weight excluding hydrogens is 546 g/mol. The van der Waals surface area contributed by atoms with Gasteiger partial charge in [-0.05, 0) is 82.7 Å². The van der Waals surface area contributed by atoms with Crippen LogP contribution in [0.5, 0.6) is 0 Å². The number of aromatic nitrogens is 1. The topological polar surface area (TPSA) is 94.3 Å². The molecule has 0 aliphatic carbocycles. The van der Waals surface area contributed by atoms with Crippen molar-refractivity contribution in [2.75, 3.05) is 19.6 Å². The molecule has 3 aromatic rings. The molecule has 0 radical (unpaired) electrons. The Morgan fingerprint density at radius 2 is 1.89 bits per heavy atom. The third-order valence-electron chi connectivity index (χ3n) is 6.64. The van der Waals surface area contributed by atoms with E-state index in [0.29, 0.717) is 25.1 Å². The van der Waals surface area contributed by atoms with E-state index >= 15 is 0 Å². The lowest BCUT2D eigenvalue weighted by Gasteiger charge is -2.40. The van der Waals surface area contributed by atoms with Crippen molar-refractivity contribution in [1.29, 1.82) is 0 Å². The third-order valence-corrected chi connectivity index (χ3v) is 7.25. The molecule has 2 heterocycles. The first kappa shape index (κ1) is 26.5. The summed E-state index contributed by atoms with van der Waals surface area (Å²) in [5.74, 6) is -1.65. The number of amides is 3. The molecule has 0 saturated carbocycles. The molecule has 4 rings (SSSR count). The SMILES string of the molecule is CC(=O)N1CCC(NC(=O)/C=C/c2ccc(F)c(Br)c2)(C(=O)NCCc2c[nH]c3ccc(F)cc23)CC1. The summed E-state index contributed by atoms with van der Waals surface area (Å²) < 4.78 is 27.4. The standard InChI is InChI=1S/C27H27BrF2N4O3/c1-17(35)34-12-9-27(10-13-34,33-25(36)7-3-18-2-5-23(30)22(28)14-18)26(37)31-11-8-19-16-32-24-6-4-20(29)15-21(19)24/h2-7,14-16,32H,8-13H2,1H3,(H,31,37)(H,33,36)/b7-3+. The Hall–Kier alpha value is -3.53. The molecular formula is C27H27BrF2N4O3. The number of halogens is 3. The second-order valence-corrected chi connectivity index (χ2v) is 9.95. The van der Waals surface area contributed by atoms with Gasteiger partial charge in [-0.15, -0.1) is 0 Å². The summed E-state index contributed by atoms with van der Waals surface area (Å²) in [6, 6.07) is 8.87. The van der Waals surface area contributed by atoms with Gasteiger partial charge in [0.2, 0.25) is 17.7 Å². The Labute approximate surface area is 221 Å². The zero-order chi connectivity index (χ0) is 26.6. The number of rotatable bonds is 7. The van der Waals surface area contributed by atoms with Crippen LogP contribution < -0.4 is 10.6 Å². The van der Waals surface area contributed by atoms with Gasteiger partial charge in [0.25, 0.3) is 0 Å². The fraction of sp³-hybridized carbons (Fsp3) is 0.296. The van der Waals surface area contributed by atoms with Crippen molar-refractivity contribution in [3.8, 4) is 0 Å². The highest BCUT2D eigenvalue weighted by Gasteiger charge is 2.42. The van der Waals surface area contributed by atoms with E-state index in [-0.39, 0.29) is 41.5 Å². The van der Waals surface area contributed by atoms with Crippen LogP contribution in [0, 0.1) is 11.6 Å². The number of carbonyl (C=O) groups excluding carboxylic acids is 3. The molecule has 37 heavy (non-hydrogen) atoms. The molecule has 0 bridgehead atoms. The average Bonchev–Trinajstić information content (AvgIpc) is 3.27. The monoisotopic (exact) mass is 572 g/mol. The molecule has 2 aromatic carbocycles. The normalized spacial score (nSPS) is 15.2. The number of aromatic amines is 1. The molecule has 194 valence electrons. The Morgan fingerprint density at radius 3 is 2.59 bits per heavy atom. The second kappa shape index (κ2) is 11.2. The predicted octanol–water partition coefficient (Wildman–Crippen LogP) is 4.08. The van der Waals surface area contributed by atoms with Crippen LogP contribution >= 0.6 is 15.9 Å². The van der Waals surface area contributed by atoms with Gasteiger partial charge in [0.05, 0.1) is 4.47 Å². The molecule has 1 aromatic heterocycles. The van der Waals surface area contributed by atoms with Crippen molar-refractivity contribution in [1.82, 2.24) is 20.5 Å². The first-order valence-corrected chi connectivity index (χ1v) is 12.7. The lowest BCUT2D eigenvalue weighted by atomic mass is 9.86. The van der Waals surface area contributed by atoms with Gasteiger partial charge in [-0.1, -0.05) is 6.07 Å². The van der Waals surface area contributed by atoms with Crippen molar-refractivity contribution in [3.05, 3.63) is 75.9 Å². The summed E-state index contributed by atoms with van der Waals surface area (Å²) in [5.41, 5.74) is 1.10. The number of benzene rings is 2. The van der Waals surface area contributed by atoms with E-state index in [4.69, 9.17) is 0 Å². The van der Waals surface area contributed by atoms with Crippen molar-refractivity contribution in [2.45, 2.75) is 31.7 Å². The van der Waals surface area contributed by atoms with E-state index in [1.165, 1.54) is 43.3 Å². The quantitative estimate of drug-likeness (QED) is 0.372. The number of likely N-dealkylation sites (tertiary alicyclic amines) is 1. The average molecular weight is 573 g/mol. The minimum absolute atomic E-state index is 0.0892.